The number of hydrogen-bond donors (Lipinski definition) is 0. The molecule has 0 unspecified atom stereocenters. The van der Waals surface area contributed by atoms with Crippen LogP contribution < -0.4 is 0 Å². The van der Waals surface area contributed by atoms with Gasteiger partial charge in [-0.05, 0) is 20.8 Å². The van der Waals surface area contributed by atoms with E-state index < -0.39 is 8.96 Å². The monoisotopic (exact) mass is 171 g/mol. The quantitative estimate of drug-likeness (QED) is 0.465. The molecule has 0 aromatic rings. The zero-order valence-corrected chi connectivity index (χ0v) is 9.67. The van der Waals surface area contributed by atoms with Gasteiger partial charge in [-0.1, -0.05) is 19.2 Å². The third-order valence-corrected chi connectivity index (χ3v) is 4.04. The molecule has 0 rings (SSSR count). The maximum absolute atomic E-state index is 3.78. The Morgan fingerprint density at radius 3 is 1.91 bits per heavy atom. The van der Waals surface area contributed by atoms with Crippen molar-refractivity contribution in [3.8, 4) is 0 Å². The zero-order valence-electron chi connectivity index (χ0n) is 8.52. The van der Waals surface area contributed by atoms with Crippen LogP contribution in [0.5, 0.6) is 0 Å². The molecule has 0 saturated carbocycles. The highest BCUT2D eigenvalue weighted by Gasteiger charge is 2.22. The standard InChI is InChI=1S/C9H21NSi/c1-7-8-10(11(5)6)9(2,3)4/h7,11H,1,8H2,2-6H3. The van der Waals surface area contributed by atoms with Gasteiger partial charge in [0, 0.05) is 12.1 Å². The van der Waals surface area contributed by atoms with E-state index in [1.807, 2.05) is 6.08 Å². The number of rotatable bonds is 3. The van der Waals surface area contributed by atoms with Crippen LogP contribution in [0.3, 0.4) is 0 Å². The van der Waals surface area contributed by atoms with E-state index >= 15 is 0 Å². The molecule has 0 spiro atoms. The van der Waals surface area contributed by atoms with E-state index in [0.717, 1.165) is 6.54 Å². The van der Waals surface area contributed by atoms with E-state index in [-0.39, 0.29) is 0 Å². The maximum Gasteiger partial charge on any atom is 0.106 e. The van der Waals surface area contributed by atoms with Crippen molar-refractivity contribution < 1.29 is 0 Å². The lowest BCUT2D eigenvalue weighted by molar-refractivity contribution is 0.270. The summed E-state index contributed by atoms with van der Waals surface area (Å²) in [5, 5.41) is 0. The number of nitrogens with zero attached hydrogens (tertiary/aromatic N) is 1. The Morgan fingerprint density at radius 2 is 1.82 bits per heavy atom. The van der Waals surface area contributed by atoms with Gasteiger partial charge < -0.3 is 4.57 Å². The topological polar surface area (TPSA) is 3.24 Å². The molecule has 0 aromatic carbocycles. The molecule has 0 aromatic heterocycles. The van der Waals surface area contributed by atoms with E-state index in [0.29, 0.717) is 5.54 Å². The fourth-order valence-corrected chi connectivity index (χ4v) is 3.52. The summed E-state index contributed by atoms with van der Waals surface area (Å²) >= 11 is 0. The maximum atomic E-state index is 3.78. The van der Waals surface area contributed by atoms with E-state index in [9.17, 15) is 0 Å². The summed E-state index contributed by atoms with van der Waals surface area (Å²) in [5.74, 6) is 0. The van der Waals surface area contributed by atoms with Crippen molar-refractivity contribution in [2.24, 2.45) is 0 Å². The minimum absolute atomic E-state index is 0.314. The van der Waals surface area contributed by atoms with Crippen LogP contribution in [0.1, 0.15) is 20.8 Å². The van der Waals surface area contributed by atoms with E-state index in [4.69, 9.17) is 0 Å². The third-order valence-electron chi connectivity index (χ3n) is 1.81. The van der Waals surface area contributed by atoms with Crippen LogP contribution in [0, 0.1) is 0 Å². The Hall–Kier alpha value is -0.0831. The first-order valence-electron chi connectivity index (χ1n) is 4.27. The second-order valence-corrected chi connectivity index (χ2v) is 7.02. The van der Waals surface area contributed by atoms with Crippen LogP contribution in [0.15, 0.2) is 12.7 Å². The Morgan fingerprint density at radius 1 is 1.36 bits per heavy atom. The molecule has 0 radical (unpaired) electrons. The van der Waals surface area contributed by atoms with Crippen molar-refractivity contribution >= 4 is 8.96 Å². The van der Waals surface area contributed by atoms with Crippen molar-refractivity contribution in [1.82, 2.24) is 4.57 Å². The van der Waals surface area contributed by atoms with Crippen LogP contribution in [-0.4, -0.2) is 25.6 Å². The molecule has 0 aliphatic heterocycles. The van der Waals surface area contributed by atoms with Gasteiger partial charge in [-0.15, -0.1) is 6.58 Å². The minimum atomic E-state index is -0.666. The van der Waals surface area contributed by atoms with Gasteiger partial charge in [0.2, 0.25) is 0 Å². The van der Waals surface area contributed by atoms with Gasteiger partial charge in [-0.3, -0.25) is 0 Å². The largest absolute Gasteiger partial charge is 0.319 e. The first kappa shape index (κ1) is 10.9. The Balaban J connectivity index is 4.21. The fraction of sp³-hybridized carbons (Fsp3) is 0.778. The molecule has 11 heavy (non-hydrogen) atoms. The SMILES string of the molecule is C=CCN([SiH](C)C)C(C)(C)C. The van der Waals surface area contributed by atoms with Gasteiger partial charge in [0.05, 0.1) is 0 Å². The molecule has 1 nitrogen and oxygen atoms in total. The van der Waals surface area contributed by atoms with Crippen molar-refractivity contribution in [2.45, 2.75) is 39.4 Å². The zero-order chi connectivity index (χ0) is 9.07. The summed E-state index contributed by atoms with van der Waals surface area (Å²) in [7, 11) is -0.666. The average molecular weight is 171 g/mol. The highest BCUT2D eigenvalue weighted by Crippen LogP contribution is 2.14. The highest BCUT2D eigenvalue weighted by molar-refractivity contribution is 6.52. The van der Waals surface area contributed by atoms with Gasteiger partial charge in [0.1, 0.15) is 8.96 Å². The lowest BCUT2D eigenvalue weighted by atomic mass is 10.1. The summed E-state index contributed by atoms with van der Waals surface area (Å²) in [6.45, 7) is 16.3. The van der Waals surface area contributed by atoms with Crippen LogP contribution in [0.2, 0.25) is 13.1 Å². The number of hydrogen-bond acceptors (Lipinski definition) is 1. The lowest BCUT2D eigenvalue weighted by Crippen LogP contribution is -2.48. The molecule has 0 N–H and O–H groups in total. The molecule has 2 heteroatoms. The molecule has 66 valence electrons. The predicted octanol–water partition coefficient (Wildman–Crippen LogP) is 2.26. The van der Waals surface area contributed by atoms with E-state index in [1.54, 1.807) is 0 Å². The molecular weight excluding hydrogens is 150 g/mol. The van der Waals surface area contributed by atoms with Crippen molar-refractivity contribution in [3.05, 3.63) is 12.7 Å². The Kier molecular flexibility index (Phi) is 4.04. The van der Waals surface area contributed by atoms with Crippen LogP contribution in [0.4, 0.5) is 0 Å². The molecule has 0 heterocycles. The van der Waals surface area contributed by atoms with Gasteiger partial charge in [-0.25, -0.2) is 0 Å². The highest BCUT2D eigenvalue weighted by atomic mass is 28.3. The second-order valence-electron chi connectivity index (χ2n) is 4.21. The van der Waals surface area contributed by atoms with Gasteiger partial charge >= 0.3 is 0 Å². The first-order valence-corrected chi connectivity index (χ1v) is 7.10. The minimum Gasteiger partial charge on any atom is -0.319 e. The van der Waals surface area contributed by atoms with Crippen molar-refractivity contribution in [1.29, 1.82) is 0 Å². The summed E-state index contributed by atoms with van der Waals surface area (Å²) in [5.41, 5.74) is 0.314. The average Bonchev–Trinajstić information content (AvgIpc) is 1.79. The van der Waals surface area contributed by atoms with Crippen molar-refractivity contribution in [3.63, 3.8) is 0 Å². The molecule has 0 fully saturated rings. The van der Waals surface area contributed by atoms with Gasteiger partial charge in [-0.2, -0.15) is 0 Å². The normalized spacial score (nSPS) is 12.6. The van der Waals surface area contributed by atoms with Crippen LogP contribution in [0.25, 0.3) is 0 Å². The van der Waals surface area contributed by atoms with Crippen LogP contribution >= 0.6 is 0 Å². The molecule has 0 amide bonds. The molecule has 0 aliphatic carbocycles. The fourth-order valence-electron chi connectivity index (χ4n) is 1.40. The second kappa shape index (κ2) is 4.07. The molecule has 0 atom stereocenters. The molecule has 0 saturated heterocycles. The Labute approximate surface area is 72.8 Å². The predicted molar refractivity (Wildman–Crippen MR) is 55.5 cm³/mol. The van der Waals surface area contributed by atoms with E-state index in [1.165, 1.54) is 0 Å². The Bertz CT molecular complexity index is 124. The van der Waals surface area contributed by atoms with Gasteiger partial charge in [0.25, 0.3) is 0 Å². The van der Waals surface area contributed by atoms with Gasteiger partial charge in [0.15, 0.2) is 0 Å². The van der Waals surface area contributed by atoms with E-state index in [2.05, 4.69) is 45.0 Å². The molecule has 0 aliphatic rings. The molecular formula is C9H21NSi. The summed E-state index contributed by atoms with van der Waals surface area (Å²) < 4.78 is 2.56. The first-order chi connectivity index (χ1) is 4.89. The lowest BCUT2D eigenvalue weighted by Gasteiger charge is -2.37. The third kappa shape index (κ3) is 3.73. The van der Waals surface area contributed by atoms with Crippen LogP contribution in [-0.2, 0) is 0 Å². The molecule has 0 bridgehead atoms. The summed E-state index contributed by atoms with van der Waals surface area (Å²) in [6.07, 6.45) is 2.00. The van der Waals surface area contributed by atoms with Crippen molar-refractivity contribution in [2.75, 3.05) is 6.54 Å². The summed E-state index contributed by atoms with van der Waals surface area (Å²) in [4.78, 5) is 0. The summed E-state index contributed by atoms with van der Waals surface area (Å²) in [6, 6.07) is 0. The smallest absolute Gasteiger partial charge is 0.106 e.